The first-order valence-electron chi connectivity index (χ1n) is 11.3. The SMILES string of the molecule is Cc1ccc(F)cc1-c1nc(NS(=O)(=O)c2cccc(NC[C@@H]3CCCCN3)n2)ccc1C(F)(F)F. The van der Waals surface area contributed by atoms with Gasteiger partial charge in [-0.15, -0.1) is 0 Å². The van der Waals surface area contributed by atoms with Gasteiger partial charge >= 0.3 is 6.18 Å². The van der Waals surface area contributed by atoms with Crippen LogP contribution >= 0.6 is 0 Å². The van der Waals surface area contributed by atoms with Crippen LogP contribution in [0.1, 0.15) is 30.4 Å². The minimum absolute atomic E-state index is 0.0935. The summed E-state index contributed by atoms with van der Waals surface area (Å²) in [6.45, 7) is 3.01. The lowest BCUT2D eigenvalue weighted by Crippen LogP contribution is -2.39. The molecule has 0 radical (unpaired) electrons. The van der Waals surface area contributed by atoms with Crippen LogP contribution in [-0.4, -0.2) is 37.5 Å². The van der Waals surface area contributed by atoms with E-state index in [1.165, 1.54) is 25.1 Å². The summed E-state index contributed by atoms with van der Waals surface area (Å²) in [5.74, 6) is -0.747. The van der Waals surface area contributed by atoms with Crippen LogP contribution in [0.4, 0.5) is 29.2 Å². The molecule has 3 aromatic rings. The Hall–Kier alpha value is -3.25. The van der Waals surface area contributed by atoms with Crippen LogP contribution in [0.3, 0.4) is 0 Å². The number of pyridine rings is 2. The molecule has 0 unspecified atom stereocenters. The number of piperidine rings is 1. The molecule has 0 amide bonds. The monoisotopic (exact) mass is 523 g/mol. The number of nitrogens with one attached hydrogen (secondary N) is 3. The zero-order valence-corrected chi connectivity index (χ0v) is 20.2. The third kappa shape index (κ3) is 6.11. The Morgan fingerprint density at radius 2 is 1.86 bits per heavy atom. The largest absolute Gasteiger partial charge is 0.418 e. The highest BCUT2D eigenvalue weighted by Gasteiger charge is 2.35. The molecule has 0 aliphatic carbocycles. The first-order valence-corrected chi connectivity index (χ1v) is 12.8. The highest BCUT2D eigenvalue weighted by molar-refractivity contribution is 7.92. The average molecular weight is 524 g/mol. The number of aryl methyl sites for hydroxylation is 1. The van der Waals surface area contributed by atoms with Gasteiger partial charge < -0.3 is 10.6 Å². The Morgan fingerprint density at radius 1 is 1.06 bits per heavy atom. The van der Waals surface area contributed by atoms with Gasteiger partial charge in [0.05, 0.1) is 11.3 Å². The van der Waals surface area contributed by atoms with Crippen LogP contribution in [0, 0.1) is 12.7 Å². The number of sulfonamides is 1. The number of halogens is 4. The van der Waals surface area contributed by atoms with Crippen LogP contribution in [0.2, 0.25) is 0 Å². The molecular formula is C24H25F4N5O2S. The standard InChI is InChI=1S/C24H25F4N5O2S/c1-15-8-9-16(25)13-18(15)23-19(24(26,27)28)10-11-21(32-23)33-36(34,35)22-7-4-6-20(31-22)30-14-17-5-2-3-12-29-17/h4,6-11,13,17,29H,2-3,5,12,14H2,1H3,(H,30,31)(H,32,33)/t17-/m0/s1. The van der Waals surface area contributed by atoms with E-state index in [2.05, 4.69) is 25.3 Å². The zero-order valence-electron chi connectivity index (χ0n) is 19.4. The predicted octanol–water partition coefficient (Wildman–Crippen LogP) is 4.96. The first kappa shape index (κ1) is 25.8. The van der Waals surface area contributed by atoms with E-state index in [0.717, 1.165) is 44.0 Å². The van der Waals surface area contributed by atoms with Crippen molar-refractivity contribution < 1.29 is 26.0 Å². The number of benzene rings is 1. The van der Waals surface area contributed by atoms with Gasteiger partial charge in [-0.1, -0.05) is 18.6 Å². The van der Waals surface area contributed by atoms with Crippen molar-refractivity contribution in [2.45, 2.75) is 43.4 Å². The summed E-state index contributed by atoms with van der Waals surface area (Å²) in [6.07, 6.45) is -1.55. The number of rotatable bonds is 7. The topological polar surface area (TPSA) is 96.0 Å². The summed E-state index contributed by atoms with van der Waals surface area (Å²) in [6, 6.07) is 9.67. The van der Waals surface area contributed by atoms with Crippen molar-refractivity contribution in [1.29, 1.82) is 0 Å². The maximum absolute atomic E-state index is 13.8. The molecule has 1 aromatic carbocycles. The van der Waals surface area contributed by atoms with Crippen molar-refractivity contribution in [3.05, 3.63) is 65.5 Å². The lowest BCUT2D eigenvalue weighted by molar-refractivity contribution is -0.137. The number of anilines is 2. The Balaban J connectivity index is 1.61. The van der Waals surface area contributed by atoms with Crippen LogP contribution in [0.5, 0.6) is 0 Å². The van der Waals surface area contributed by atoms with E-state index in [4.69, 9.17) is 0 Å². The molecule has 36 heavy (non-hydrogen) atoms. The highest BCUT2D eigenvalue weighted by atomic mass is 32.2. The fourth-order valence-corrected chi connectivity index (χ4v) is 4.95. The van der Waals surface area contributed by atoms with Crippen molar-refractivity contribution in [1.82, 2.24) is 15.3 Å². The third-order valence-electron chi connectivity index (χ3n) is 5.84. The van der Waals surface area contributed by atoms with Crippen molar-refractivity contribution in [2.24, 2.45) is 0 Å². The summed E-state index contributed by atoms with van der Waals surface area (Å²) in [7, 11) is -4.28. The Bertz CT molecular complexity index is 1340. The van der Waals surface area contributed by atoms with E-state index in [1.807, 2.05) is 0 Å². The second-order valence-electron chi connectivity index (χ2n) is 8.54. The molecule has 12 heteroatoms. The van der Waals surface area contributed by atoms with Gasteiger partial charge in [0.25, 0.3) is 10.0 Å². The van der Waals surface area contributed by atoms with Crippen molar-refractivity contribution in [2.75, 3.05) is 23.1 Å². The second-order valence-corrected chi connectivity index (χ2v) is 10.2. The number of aromatic nitrogens is 2. The van der Waals surface area contributed by atoms with Crippen LogP contribution < -0.4 is 15.4 Å². The van der Waals surface area contributed by atoms with E-state index < -0.39 is 33.3 Å². The summed E-state index contributed by atoms with van der Waals surface area (Å²) in [5, 5.41) is 6.17. The van der Waals surface area contributed by atoms with E-state index >= 15 is 0 Å². The first-order chi connectivity index (χ1) is 17.0. The molecule has 7 nitrogen and oxygen atoms in total. The van der Waals surface area contributed by atoms with E-state index in [0.29, 0.717) is 24.0 Å². The Morgan fingerprint density at radius 3 is 2.58 bits per heavy atom. The molecule has 1 atom stereocenters. The van der Waals surface area contributed by atoms with E-state index in [9.17, 15) is 26.0 Å². The van der Waals surface area contributed by atoms with E-state index in [-0.39, 0.29) is 22.4 Å². The normalized spacial score (nSPS) is 16.5. The third-order valence-corrected chi connectivity index (χ3v) is 7.09. The maximum Gasteiger partial charge on any atom is 0.418 e. The quantitative estimate of drug-likeness (QED) is 0.379. The molecule has 192 valence electrons. The minimum atomic E-state index is -4.78. The minimum Gasteiger partial charge on any atom is -0.368 e. The summed E-state index contributed by atoms with van der Waals surface area (Å²) in [5.41, 5.74) is -1.44. The molecule has 3 N–H and O–H groups in total. The lowest BCUT2D eigenvalue weighted by atomic mass is 10.0. The highest BCUT2D eigenvalue weighted by Crippen LogP contribution is 2.38. The molecule has 0 bridgehead atoms. The van der Waals surface area contributed by atoms with Crippen molar-refractivity contribution in [3.63, 3.8) is 0 Å². The smallest absolute Gasteiger partial charge is 0.368 e. The molecule has 0 spiro atoms. The van der Waals surface area contributed by atoms with E-state index in [1.54, 1.807) is 6.07 Å². The molecular weight excluding hydrogens is 498 g/mol. The van der Waals surface area contributed by atoms with Gasteiger partial charge in [0.1, 0.15) is 17.5 Å². The van der Waals surface area contributed by atoms with Gasteiger partial charge in [-0.2, -0.15) is 21.6 Å². The molecule has 3 heterocycles. The molecule has 1 fully saturated rings. The van der Waals surface area contributed by atoms with Gasteiger partial charge in [-0.05, 0) is 68.3 Å². The molecule has 4 rings (SSSR count). The fourth-order valence-electron chi connectivity index (χ4n) is 3.98. The predicted molar refractivity (Wildman–Crippen MR) is 129 cm³/mol. The fraction of sp³-hybridized carbons (Fsp3) is 0.333. The molecule has 2 aromatic heterocycles. The van der Waals surface area contributed by atoms with Crippen molar-refractivity contribution in [3.8, 4) is 11.3 Å². The molecule has 1 aliphatic rings. The van der Waals surface area contributed by atoms with Crippen molar-refractivity contribution >= 4 is 21.7 Å². The van der Waals surface area contributed by atoms with Gasteiger partial charge in [0.15, 0.2) is 5.03 Å². The molecule has 0 saturated carbocycles. The summed E-state index contributed by atoms with van der Waals surface area (Å²) < 4.78 is 82.9. The van der Waals surface area contributed by atoms with Gasteiger partial charge in [0.2, 0.25) is 0 Å². The number of hydrogen-bond donors (Lipinski definition) is 3. The lowest BCUT2D eigenvalue weighted by Gasteiger charge is -2.23. The van der Waals surface area contributed by atoms with Crippen LogP contribution in [0.25, 0.3) is 11.3 Å². The Kier molecular flexibility index (Phi) is 7.46. The number of alkyl halides is 3. The number of hydrogen-bond acceptors (Lipinski definition) is 6. The van der Waals surface area contributed by atoms with Crippen LogP contribution in [-0.2, 0) is 16.2 Å². The second kappa shape index (κ2) is 10.4. The molecule has 1 saturated heterocycles. The Labute approximate surface area is 206 Å². The molecule has 1 aliphatic heterocycles. The van der Waals surface area contributed by atoms with Gasteiger partial charge in [0, 0.05) is 18.2 Å². The number of nitrogens with zero attached hydrogens (tertiary/aromatic N) is 2. The maximum atomic E-state index is 13.8. The summed E-state index contributed by atoms with van der Waals surface area (Å²) in [4.78, 5) is 8.05. The zero-order chi connectivity index (χ0) is 25.9. The summed E-state index contributed by atoms with van der Waals surface area (Å²) >= 11 is 0. The average Bonchev–Trinajstić information content (AvgIpc) is 2.84. The van der Waals surface area contributed by atoms with Gasteiger partial charge in [-0.3, -0.25) is 4.72 Å². The van der Waals surface area contributed by atoms with Gasteiger partial charge in [-0.25, -0.2) is 14.4 Å². The van der Waals surface area contributed by atoms with Crippen LogP contribution in [0.15, 0.2) is 53.6 Å².